The van der Waals surface area contributed by atoms with Gasteiger partial charge < -0.3 is 10.6 Å². The molecule has 0 spiro atoms. The Kier molecular flexibility index (Phi) is 4.93. The van der Waals surface area contributed by atoms with Gasteiger partial charge in [-0.1, -0.05) is 6.07 Å². The molecule has 0 aliphatic heterocycles. The molecule has 0 aliphatic rings. The van der Waals surface area contributed by atoms with E-state index in [1.807, 2.05) is 0 Å². The topological polar surface area (TPSA) is 84.7 Å². The number of hydrogen-bond donors (Lipinski definition) is 2. The van der Waals surface area contributed by atoms with Crippen molar-refractivity contribution in [3.63, 3.8) is 0 Å². The first-order valence-electron chi connectivity index (χ1n) is 8.55. The van der Waals surface area contributed by atoms with Crippen LogP contribution in [0.3, 0.4) is 0 Å². The Morgan fingerprint density at radius 2 is 1.66 bits per heavy atom. The van der Waals surface area contributed by atoms with Gasteiger partial charge in [-0.15, -0.1) is 0 Å². The van der Waals surface area contributed by atoms with Crippen LogP contribution in [-0.4, -0.2) is 25.7 Å². The molecule has 9 heteroatoms. The third-order valence-electron chi connectivity index (χ3n) is 4.00. The van der Waals surface area contributed by atoms with Crippen LogP contribution in [-0.2, 0) is 0 Å². The fraction of sp³-hybridized carbons (Fsp3) is 0. The number of anilines is 3. The lowest BCUT2D eigenvalue weighted by Gasteiger charge is -2.10. The van der Waals surface area contributed by atoms with E-state index >= 15 is 0 Å². The molecular formula is C20H14F2N6O. The van der Waals surface area contributed by atoms with Crippen LogP contribution in [0, 0.1) is 11.6 Å². The van der Waals surface area contributed by atoms with E-state index in [9.17, 15) is 13.6 Å². The molecule has 7 nitrogen and oxygen atoms in total. The highest BCUT2D eigenvalue weighted by Gasteiger charge is 2.17. The van der Waals surface area contributed by atoms with Gasteiger partial charge in [0.05, 0.1) is 0 Å². The lowest BCUT2D eigenvalue weighted by atomic mass is 10.1. The van der Waals surface area contributed by atoms with E-state index in [1.54, 1.807) is 53.5 Å². The zero-order valence-corrected chi connectivity index (χ0v) is 14.9. The van der Waals surface area contributed by atoms with E-state index in [-0.39, 0.29) is 0 Å². The SMILES string of the molecule is O=C(Nc1ccc(Nc2cc(-n3cccn3)ncn2)cc1)c1c(F)cccc1F. The summed E-state index contributed by atoms with van der Waals surface area (Å²) in [5.41, 5.74) is 0.468. The second-order valence-electron chi connectivity index (χ2n) is 5.97. The van der Waals surface area contributed by atoms with Crippen LogP contribution in [0.15, 0.2) is 73.3 Å². The van der Waals surface area contributed by atoms with Gasteiger partial charge in [0.25, 0.3) is 5.91 Å². The Bertz CT molecular complexity index is 1130. The average molecular weight is 392 g/mol. The molecular weight excluding hydrogens is 378 g/mol. The highest BCUT2D eigenvalue weighted by molar-refractivity contribution is 6.04. The number of aromatic nitrogens is 4. The van der Waals surface area contributed by atoms with Gasteiger partial charge in [-0.2, -0.15) is 5.10 Å². The minimum Gasteiger partial charge on any atom is -0.340 e. The standard InChI is InChI=1S/C20H14F2N6O/c21-15-3-1-4-16(22)19(15)20(29)27-14-7-5-13(6-8-14)26-17-11-18(24-12-23-17)28-10-2-9-25-28/h1-12H,(H,27,29)(H,23,24,26). The molecule has 0 saturated heterocycles. The molecule has 2 heterocycles. The Balaban J connectivity index is 1.46. The van der Waals surface area contributed by atoms with Gasteiger partial charge in [-0.25, -0.2) is 23.4 Å². The third-order valence-corrected chi connectivity index (χ3v) is 4.00. The Hall–Kier alpha value is -4.14. The molecule has 29 heavy (non-hydrogen) atoms. The molecule has 0 radical (unpaired) electrons. The molecule has 0 atom stereocenters. The number of carbonyl (C=O) groups is 1. The summed E-state index contributed by atoms with van der Waals surface area (Å²) in [4.78, 5) is 20.5. The number of hydrogen-bond acceptors (Lipinski definition) is 5. The molecule has 4 aromatic rings. The molecule has 144 valence electrons. The van der Waals surface area contributed by atoms with E-state index in [2.05, 4.69) is 25.7 Å². The summed E-state index contributed by atoms with van der Waals surface area (Å²) in [7, 11) is 0. The van der Waals surface area contributed by atoms with E-state index < -0.39 is 23.1 Å². The van der Waals surface area contributed by atoms with Crippen LogP contribution in [0.2, 0.25) is 0 Å². The zero-order chi connectivity index (χ0) is 20.2. The minimum absolute atomic E-state index is 0.392. The van der Waals surface area contributed by atoms with Crippen molar-refractivity contribution >= 4 is 23.1 Å². The van der Waals surface area contributed by atoms with E-state index in [1.165, 1.54) is 12.4 Å². The van der Waals surface area contributed by atoms with Gasteiger partial charge in [0.2, 0.25) is 0 Å². The fourth-order valence-corrected chi connectivity index (χ4v) is 2.64. The van der Waals surface area contributed by atoms with Crippen LogP contribution in [0.1, 0.15) is 10.4 Å². The third kappa shape index (κ3) is 4.08. The summed E-state index contributed by atoms with van der Waals surface area (Å²) in [5, 5.41) is 9.70. The predicted molar refractivity (Wildman–Crippen MR) is 103 cm³/mol. The Morgan fingerprint density at radius 1 is 0.931 bits per heavy atom. The number of benzene rings is 2. The average Bonchev–Trinajstić information content (AvgIpc) is 3.25. The van der Waals surface area contributed by atoms with Crippen molar-refractivity contribution in [3.8, 4) is 5.82 Å². The molecule has 2 N–H and O–H groups in total. The highest BCUT2D eigenvalue weighted by atomic mass is 19.1. The fourth-order valence-electron chi connectivity index (χ4n) is 2.64. The maximum atomic E-state index is 13.7. The van der Waals surface area contributed by atoms with Gasteiger partial charge in [-0.3, -0.25) is 4.79 Å². The van der Waals surface area contributed by atoms with Crippen LogP contribution >= 0.6 is 0 Å². The summed E-state index contributed by atoms with van der Waals surface area (Å²) >= 11 is 0. The number of rotatable bonds is 5. The second-order valence-corrected chi connectivity index (χ2v) is 5.97. The normalized spacial score (nSPS) is 10.6. The van der Waals surface area contributed by atoms with Crippen molar-refractivity contribution in [1.29, 1.82) is 0 Å². The predicted octanol–water partition coefficient (Wildman–Crippen LogP) is 3.94. The molecule has 4 rings (SSSR count). The smallest absolute Gasteiger partial charge is 0.261 e. The minimum atomic E-state index is -0.919. The largest absolute Gasteiger partial charge is 0.340 e. The second kappa shape index (κ2) is 7.85. The number of nitrogens with one attached hydrogen (secondary N) is 2. The summed E-state index contributed by atoms with van der Waals surface area (Å²) in [6.45, 7) is 0. The quantitative estimate of drug-likeness (QED) is 0.538. The van der Waals surface area contributed by atoms with Crippen LogP contribution < -0.4 is 10.6 Å². The molecule has 0 saturated carbocycles. The van der Waals surface area contributed by atoms with Crippen LogP contribution in [0.5, 0.6) is 0 Å². The van der Waals surface area contributed by atoms with Crippen molar-refractivity contribution in [3.05, 3.63) is 90.5 Å². The number of carbonyl (C=O) groups excluding carboxylic acids is 1. The first kappa shape index (κ1) is 18.2. The monoisotopic (exact) mass is 392 g/mol. The number of halogens is 2. The van der Waals surface area contributed by atoms with E-state index in [0.717, 1.165) is 12.1 Å². The van der Waals surface area contributed by atoms with Crippen molar-refractivity contribution < 1.29 is 13.6 Å². The van der Waals surface area contributed by atoms with E-state index in [4.69, 9.17) is 0 Å². The Morgan fingerprint density at radius 3 is 2.34 bits per heavy atom. The highest BCUT2D eigenvalue weighted by Crippen LogP contribution is 2.20. The molecule has 0 unspecified atom stereocenters. The van der Waals surface area contributed by atoms with Crippen LogP contribution in [0.4, 0.5) is 26.0 Å². The van der Waals surface area contributed by atoms with Crippen molar-refractivity contribution in [1.82, 2.24) is 19.7 Å². The molecule has 0 fully saturated rings. The Labute approximate surface area is 164 Å². The maximum absolute atomic E-state index is 13.7. The summed E-state index contributed by atoms with van der Waals surface area (Å²) in [5.74, 6) is -1.55. The maximum Gasteiger partial charge on any atom is 0.261 e. The van der Waals surface area contributed by atoms with E-state index in [0.29, 0.717) is 23.0 Å². The first-order valence-corrected chi connectivity index (χ1v) is 8.55. The molecule has 0 bridgehead atoms. The number of amides is 1. The number of nitrogens with zero attached hydrogens (tertiary/aromatic N) is 4. The lowest BCUT2D eigenvalue weighted by Crippen LogP contribution is -2.15. The van der Waals surface area contributed by atoms with Gasteiger partial charge in [0, 0.05) is 29.8 Å². The van der Waals surface area contributed by atoms with Crippen molar-refractivity contribution in [2.75, 3.05) is 10.6 Å². The molecule has 2 aromatic heterocycles. The van der Waals surface area contributed by atoms with Crippen molar-refractivity contribution in [2.45, 2.75) is 0 Å². The van der Waals surface area contributed by atoms with Gasteiger partial charge in [-0.05, 0) is 42.5 Å². The first-order chi connectivity index (χ1) is 14.1. The summed E-state index contributed by atoms with van der Waals surface area (Å²) < 4.78 is 29.0. The molecule has 2 aromatic carbocycles. The summed E-state index contributed by atoms with van der Waals surface area (Å²) in [6, 6.07) is 13.4. The lowest BCUT2D eigenvalue weighted by molar-refractivity contribution is 0.101. The molecule has 0 aliphatic carbocycles. The van der Waals surface area contributed by atoms with Crippen LogP contribution in [0.25, 0.3) is 5.82 Å². The summed E-state index contributed by atoms with van der Waals surface area (Å²) in [6.07, 6.45) is 4.83. The zero-order valence-electron chi connectivity index (χ0n) is 14.9. The van der Waals surface area contributed by atoms with Gasteiger partial charge in [0.1, 0.15) is 29.3 Å². The van der Waals surface area contributed by atoms with Crippen molar-refractivity contribution in [2.24, 2.45) is 0 Å². The van der Waals surface area contributed by atoms with Gasteiger partial charge in [0.15, 0.2) is 5.82 Å². The molecule has 1 amide bonds. The van der Waals surface area contributed by atoms with Gasteiger partial charge >= 0.3 is 0 Å².